The van der Waals surface area contributed by atoms with Crippen LogP contribution in [-0.4, -0.2) is 42.9 Å². The number of nitrogens with zero attached hydrogens (tertiary/aromatic N) is 1. The van der Waals surface area contributed by atoms with Crippen LogP contribution in [0.15, 0.2) is 24.3 Å². The molecule has 94 valence electrons. The van der Waals surface area contributed by atoms with Gasteiger partial charge in [0.15, 0.2) is 0 Å². The van der Waals surface area contributed by atoms with Crippen molar-refractivity contribution in [1.82, 2.24) is 4.90 Å². The summed E-state index contributed by atoms with van der Waals surface area (Å²) in [7, 11) is 1.66. The van der Waals surface area contributed by atoms with Crippen LogP contribution in [0, 0.1) is 0 Å². The Hall–Kier alpha value is -1.10. The Morgan fingerprint density at radius 2 is 2.35 bits per heavy atom. The standard InChI is InChI=1S/C13H19NO3/c1-3-14-8-12(9-15)17-13(14)10-5-4-6-11(7-10)16-2/h4-7,12-13,15H,3,8-9H2,1-2H3. The van der Waals surface area contributed by atoms with Gasteiger partial charge in [-0.1, -0.05) is 19.1 Å². The maximum Gasteiger partial charge on any atom is 0.137 e. The molecular weight excluding hydrogens is 218 g/mol. The number of ether oxygens (including phenoxy) is 2. The molecule has 1 aliphatic rings. The zero-order valence-electron chi connectivity index (χ0n) is 10.3. The highest BCUT2D eigenvalue weighted by Gasteiger charge is 2.32. The maximum absolute atomic E-state index is 9.17. The zero-order valence-corrected chi connectivity index (χ0v) is 10.3. The Morgan fingerprint density at radius 1 is 1.53 bits per heavy atom. The Balaban J connectivity index is 2.19. The van der Waals surface area contributed by atoms with Gasteiger partial charge in [0.2, 0.25) is 0 Å². The highest BCUT2D eigenvalue weighted by molar-refractivity contribution is 5.30. The average Bonchev–Trinajstić information content (AvgIpc) is 2.82. The van der Waals surface area contributed by atoms with Crippen LogP contribution >= 0.6 is 0 Å². The van der Waals surface area contributed by atoms with Crippen LogP contribution in [0.5, 0.6) is 5.75 Å². The molecule has 0 radical (unpaired) electrons. The van der Waals surface area contributed by atoms with E-state index in [0.29, 0.717) is 0 Å². The smallest absolute Gasteiger partial charge is 0.137 e. The quantitative estimate of drug-likeness (QED) is 0.859. The van der Waals surface area contributed by atoms with Gasteiger partial charge in [-0.3, -0.25) is 4.90 Å². The topological polar surface area (TPSA) is 41.9 Å². The van der Waals surface area contributed by atoms with Gasteiger partial charge in [-0.25, -0.2) is 0 Å². The fourth-order valence-electron chi connectivity index (χ4n) is 2.15. The minimum atomic E-state index is -0.0915. The van der Waals surface area contributed by atoms with Crippen molar-refractivity contribution in [2.45, 2.75) is 19.3 Å². The van der Waals surface area contributed by atoms with E-state index in [1.54, 1.807) is 7.11 Å². The van der Waals surface area contributed by atoms with E-state index in [0.717, 1.165) is 24.4 Å². The summed E-state index contributed by atoms with van der Waals surface area (Å²) >= 11 is 0. The lowest BCUT2D eigenvalue weighted by Crippen LogP contribution is -2.25. The van der Waals surface area contributed by atoms with Gasteiger partial charge in [-0.2, -0.15) is 0 Å². The second-order valence-corrected chi connectivity index (χ2v) is 4.16. The fourth-order valence-corrected chi connectivity index (χ4v) is 2.15. The molecule has 1 saturated heterocycles. The molecule has 0 aliphatic carbocycles. The summed E-state index contributed by atoms with van der Waals surface area (Å²) in [5.74, 6) is 0.828. The molecule has 0 aromatic heterocycles. The van der Waals surface area contributed by atoms with Crippen LogP contribution in [0.2, 0.25) is 0 Å². The molecule has 1 aromatic carbocycles. The van der Waals surface area contributed by atoms with E-state index in [-0.39, 0.29) is 18.9 Å². The van der Waals surface area contributed by atoms with Gasteiger partial charge in [0.25, 0.3) is 0 Å². The van der Waals surface area contributed by atoms with E-state index >= 15 is 0 Å². The third-order valence-electron chi connectivity index (χ3n) is 3.08. The Morgan fingerprint density at radius 3 is 3.00 bits per heavy atom. The number of rotatable bonds is 4. The molecule has 17 heavy (non-hydrogen) atoms. The molecule has 1 fully saturated rings. The first-order chi connectivity index (χ1) is 8.28. The molecule has 1 N–H and O–H groups in total. The molecule has 1 aromatic rings. The van der Waals surface area contributed by atoms with Gasteiger partial charge in [0, 0.05) is 6.54 Å². The SMILES string of the molecule is CCN1CC(CO)OC1c1cccc(OC)c1. The molecular formula is C13H19NO3. The molecule has 2 unspecified atom stereocenters. The number of hydrogen-bond acceptors (Lipinski definition) is 4. The minimum absolute atomic E-state index is 0.0664. The summed E-state index contributed by atoms with van der Waals surface area (Å²) < 4.78 is 11.0. The average molecular weight is 237 g/mol. The van der Waals surface area contributed by atoms with E-state index in [1.807, 2.05) is 24.3 Å². The summed E-state index contributed by atoms with van der Waals surface area (Å²) in [5.41, 5.74) is 1.07. The summed E-state index contributed by atoms with van der Waals surface area (Å²) in [6, 6.07) is 7.87. The number of methoxy groups -OCH3 is 1. The van der Waals surface area contributed by atoms with E-state index in [2.05, 4.69) is 11.8 Å². The van der Waals surface area contributed by atoms with Crippen LogP contribution in [-0.2, 0) is 4.74 Å². The van der Waals surface area contributed by atoms with Crippen molar-refractivity contribution >= 4 is 0 Å². The fraction of sp³-hybridized carbons (Fsp3) is 0.538. The molecule has 0 spiro atoms. The molecule has 0 saturated carbocycles. The number of likely N-dealkylation sites (N-methyl/N-ethyl adjacent to an activating group) is 1. The Kier molecular flexibility index (Phi) is 3.99. The number of aliphatic hydroxyl groups excluding tert-OH is 1. The summed E-state index contributed by atoms with van der Waals surface area (Å²) in [6.45, 7) is 3.83. The molecule has 1 heterocycles. The van der Waals surface area contributed by atoms with Crippen LogP contribution in [0.3, 0.4) is 0 Å². The van der Waals surface area contributed by atoms with Crippen LogP contribution in [0.4, 0.5) is 0 Å². The van der Waals surface area contributed by atoms with Gasteiger partial charge in [0.05, 0.1) is 19.8 Å². The molecule has 0 bridgehead atoms. The molecule has 4 heteroatoms. The van der Waals surface area contributed by atoms with Crippen molar-refractivity contribution < 1.29 is 14.6 Å². The first kappa shape index (κ1) is 12.4. The lowest BCUT2D eigenvalue weighted by atomic mass is 10.2. The van der Waals surface area contributed by atoms with E-state index in [9.17, 15) is 0 Å². The molecule has 0 amide bonds. The van der Waals surface area contributed by atoms with Gasteiger partial charge < -0.3 is 14.6 Å². The number of hydrogen-bond donors (Lipinski definition) is 1. The largest absolute Gasteiger partial charge is 0.497 e. The van der Waals surface area contributed by atoms with Crippen LogP contribution in [0.1, 0.15) is 18.7 Å². The highest BCUT2D eigenvalue weighted by atomic mass is 16.5. The Bertz CT molecular complexity index is 369. The number of aliphatic hydroxyl groups is 1. The third kappa shape index (κ3) is 2.60. The lowest BCUT2D eigenvalue weighted by molar-refractivity contribution is -0.0185. The second kappa shape index (κ2) is 5.49. The zero-order chi connectivity index (χ0) is 12.3. The van der Waals surface area contributed by atoms with Crippen molar-refractivity contribution in [2.75, 3.05) is 26.8 Å². The van der Waals surface area contributed by atoms with Gasteiger partial charge in [-0.15, -0.1) is 0 Å². The predicted molar refractivity (Wildman–Crippen MR) is 64.9 cm³/mol. The van der Waals surface area contributed by atoms with Crippen molar-refractivity contribution in [3.8, 4) is 5.75 Å². The Labute approximate surface area is 102 Å². The van der Waals surface area contributed by atoms with Crippen molar-refractivity contribution in [3.63, 3.8) is 0 Å². The van der Waals surface area contributed by atoms with E-state index in [4.69, 9.17) is 14.6 Å². The lowest BCUT2D eigenvalue weighted by Gasteiger charge is -2.21. The van der Waals surface area contributed by atoms with Crippen molar-refractivity contribution in [1.29, 1.82) is 0 Å². The summed E-state index contributed by atoms with van der Waals surface area (Å²) in [4.78, 5) is 2.20. The first-order valence-electron chi connectivity index (χ1n) is 5.92. The van der Waals surface area contributed by atoms with Gasteiger partial charge >= 0.3 is 0 Å². The minimum Gasteiger partial charge on any atom is -0.497 e. The third-order valence-corrected chi connectivity index (χ3v) is 3.08. The van der Waals surface area contributed by atoms with Crippen LogP contribution in [0.25, 0.3) is 0 Å². The first-order valence-corrected chi connectivity index (χ1v) is 5.92. The summed E-state index contributed by atoms with van der Waals surface area (Å²) in [5, 5.41) is 9.17. The molecule has 1 aliphatic heterocycles. The van der Waals surface area contributed by atoms with E-state index in [1.165, 1.54) is 0 Å². The molecule has 4 nitrogen and oxygen atoms in total. The normalized spacial score (nSPS) is 25.1. The maximum atomic E-state index is 9.17. The number of benzene rings is 1. The molecule has 2 rings (SSSR count). The van der Waals surface area contributed by atoms with Crippen molar-refractivity contribution in [3.05, 3.63) is 29.8 Å². The van der Waals surface area contributed by atoms with Crippen molar-refractivity contribution in [2.24, 2.45) is 0 Å². The summed E-state index contributed by atoms with van der Waals surface area (Å²) in [6.07, 6.45) is -0.168. The van der Waals surface area contributed by atoms with Gasteiger partial charge in [0.1, 0.15) is 12.0 Å². The molecule has 2 atom stereocenters. The monoisotopic (exact) mass is 237 g/mol. The highest BCUT2D eigenvalue weighted by Crippen LogP contribution is 2.31. The predicted octanol–water partition coefficient (Wildman–Crippen LogP) is 1.41. The van der Waals surface area contributed by atoms with Crippen LogP contribution < -0.4 is 4.74 Å². The van der Waals surface area contributed by atoms with Gasteiger partial charge in [-0.05, 0) is 24.2 Å². The van der Waals surface area contributed by atoms with E-state index < -0.39 is 0 Å². The second-order valence-electron chi connectivity index (χ2n) is 4.16.